The van der Waals surface area contributed by atoms with Crippen molar-refractivity contribution in [2.45, 2.75) is 24.1 Å². The van der Waals surface area contributed by atoms with E-state index in [2.05, 4.69) is 4.98 Å². The Kier molecular flexibility index (Phi) is 4.05. The average Bonchev–Trinajstić information content (AvgIpc) is 2.20. The molecule has 15 heavy (non-hydrogen) atoms. The van der Waals surface area contributed by atoms with Crippen molar-refractivity contribution in [3.05, 3.63) is 27.9 Å². The molecule has 1 atom stereocenters. The Balaban J connectivity index is 2.92. The van der Waals surface area contributed by atoms with Gasteiger partial charge in [0.05, 0.1) is 11.5 Å². The third kappa shape index (κ3) is 3.17. The monoisotopic (exact) mass is 228 g/mol. The highest BCUT2D eigenvalue weighted by molar-refractivity contribution is 7.99. The van der Waals surface area contributed by atoms with E-state index < -0.39 is 4.92 Å². The van der Waals surface area contributed by atoms with Crippen LogP contribution in [0.3, 0.4) is 0 Å². The van der Waals surface area contributed by atoms with Crippen molar-refractivity contribution in [1.82, 2.24) is 4.98 Å². The van der Waals surface area contributed by atoms with E-state index in [0.717, 1.165) is 0 Å². The van der Waals surface area contributed by atoms with E-state index >= 15 is 0 Å². The molecule has 1 aromatic heterocycles. The summed E-state index contributed by atoms with van der Waals surface area (Å²) in [7, 11) is 0. The summed E-state index contributed by atoms with van der Waals surface area (Å²) >= 11 is 1.32. The summed E-state index contributed by atoms with van der Waals surface area (Å²) in [6, 6.07) is 1.44. The number of aliphatic hydroxyl groups excluding tert-OH is 1. The topological polar surface area (TPSA) is 76.3 Å². The van der Waals surface area contributed by atoms with Gasteiger partial charge in [-0.05, 0) is 6.92 Å². The van der Waals surface area contributed by atoms with E-state index in [-0.39, 0.29) is 17.5 Å². The Hall–Kier alpha value is -1.14. The number of thioether (sulfide) groups is 1. The van der Waals surface area contributed by atoms with Crippen LogP contribution >= 0.6 is 11.8 Å². The van der Waals surface area contributed by atoms with E-state index in [0.29, 0.717) is 10.6 Å². The molecule has 1 unspecified atom stereocenters. The maximum absolute atomic E-state index is 10.6. The Morgan fingerprint density at radius 1 is 1.73 bits per heavy atom. The lowest BCUT2D eigenvalue weighted by atomic mass is 10.3. The van der Waals surface area contributed by atoms with Crippen molar-refractivity contribution in [2.75, 3.05) is 6.61 Å². The van der Waals surface area contributed by atoms with Crippen molar-refractivity contribution in [3.8, 4) is 0 Å². The number of aromatic nitrogens is 1. The first-order valence-corrected chi connectivity index (χ1v) is 5.31. The van der Waals surface area contributed by atoms with Gasteiger partial charge >= 0.3 is 0 Å². The zero-order valence-corrected chi connectivity index (χ0v) is 9.32. The molecule has 82 valence electrons. The van der Waals surface area contributed by atoms with E-state index in [1.54, 1.807) is 6.92 Å². The molecule has 1 rings (SSSR count). The van der Waals surface area contributed by atoms with Gasteiger partial charge in [-0.25, -0.2) is 4.98 Å². The highest BCUT2D eigenvalue weighted by atomic mass is 32.2. The number of hydrogen-bond acceptors (Lipinski definition) is 5. The number of nitro groups is 1. The van der Waals surface area contributed by atoms with Crippen molar-refractivity contribution in [3.63, 3.8) is 0 Å². The second-order valence-corrected chi connectivity index (χ2v) is 4.64. The summed E-state index contributed by atoms with van der Waals surface area (Å²) in [5.74, 6) is 0. The SMILES string of the molecule is Cc1cnc(SC(C)CO)cc1[N+](=O)[O-]. The van der Waals surface area contributed by atoms with Crippen molar-refractivity contribution in [1.29, 1.82) is 0 Å². The molecule has 5 nitrogen and oxygen atoms in total. The Morgan fingerprint density at radius 3 is 2.93 bits per heavy atom. The molecule has 0 saturated heterocycles. The summed E-state index contributed by atoms with van der Waals surface area (Å²) < 4.78 is 0. The fourth-order valence-electron chi connectivity index (χ4n) is 0.999. The molecule has 0 saturated carbocycles. The minimum absolute atomic E-state index is 0.0141. The maximum atomic E-state index is 10.6. The van der Waals surface area contributed by atoms with Crippen LogP contribution in [0, 0.1) is 17.0 Å². The van der Waals surface area contributed by atoms with Crippen molar-refractivity contribution < 1.29 is 10.0 Å². The molecule has 0 fully saturated rings. The highest BCUT2D eigenvalue weighted by Gasteiger charge is 2.13. The smallest absolute Gasteiger partial charge is 0.276 e. The molecule has 1 N–H and O–H groups in total. The first kappa shape index (κ1) is 11.9. The van der Waals surface area contributed by atoms with Crippen molar-refractivity contribution >= 4 is 17.4 Å². The molecule has 0 aliphatic carbocycles. The summed E-state index contributed by atoms with van der Waals surface area (Å²) in [6.45, 7) is 3.50. The minimum atomic E-state index is -0.426. The molecule has 0 aliphatic heterocycles. The van der Waals surface area contributed by atoms with Gasteiger partial charge in [-0.2, -0.15) is 0 Å². The lowest BCUT2D eigenvalue weighted by Gasteiger charge is -2.06. The molecule has 0 amide bonds. The number of pyridine rings is 1. The van der Waals surface area contributed by atoms with E-state index in [4.69, 9.17) is 5.11 Å². The summed E-state index contributed by atoms with van der Waals surface area (Å²) in [5, 5.41) is 20.0. The number of hydrogen-bond donors (Lipinski definition) is 1. The van der Waals surface area contributed by atoms with Crippen molar-refractivity contribution in [2.24, 2.45) is 0 Å². The van der Waals surface area contributed by atoms with Crippen LogP contribution < -0.4 is 0 Å². The summed E-state index contributed by atoms with van der Waals surface area (Å²) in [5.41, 5.74) is 0.610. The van der Waals surface area contributed by atoms with Gasteiger partial charge in [-0.15, -0.1) is 11.8 Å². The standard InChI is InChI=1S/C9H12N2O3S/c1-6-4-10-9(15-7(2)5-12)3-8(6)11(13)14/h3-4,7,12H,5H2,1-2H3. The molecule has 6 heteroatoms. The molecule has 0 aliphatic rings. The second kappa shape index (κ2) is 5.09. The van der Waals surface area contributed by atoms with Crippen LogP contribution in [0.15, 0.2) is 17.3 Å². The molecular weight excluding hydrogens is 216 g/mol. The van der Waals surface area contributed by atoms with E-state index in [9.17, 15) is 10.1 Å². The number of aryl methyl sites for hydroxylation is 1. The van der Waals surface area contributed by atoms with E-state index in [1.165, 1.54) is 24.0 Å². The van der Waals surface area contributed by atoms with Crippen LogP contribution in [0.4, 0.5) is 5.69 Å². The van der Waals surface area contributed by atoms with Gasteiger partial charge in [0.25, 0.3) is 5.69 Å². The molecule has 0 bridgehead atoms. The number of rotatable bonds is 4. The Labute approximate surface area is 91.7 Å². The molecule has 0 spiro atoms. The van der Waals surface area contributed by atoms with Gasteiger partial charge in [-0.3, -0.25) is 10.1 Å². The minimum Gasteiger partial charge on any atom is -0.395 e. The van der Waals surface area contributed by atoms with Gasteiger partial charge < -0.3 is 5.11 Å². The van der Waals surface area contributed by atoms with Crippen LogP contribution in [-0.2, 0) is 0 Å². The average molecular weight is 228 g/mol. The van der Waals surface area contributed by atoms with Crippen LogP contribution in [0.5, 0.6) is 0 Å². The zero-order valence-electron chi connectivity index (χ0n) is 8.51. The third-order valence-electron chi connectivity index (χ3n) is 1.83. The van der Waals surface area contributed by atoms with Gasteiger partial charge in [-0.1, -0.05) is 6.92 Å². The quantitative estimate of drug-likeness (QED) is 0.483. The molecule has 0 aromatic carbocycles. The van der Waals surface area contributed by atoms with Crippen LogP contribution in [0.1, 0.15) is 12.5 Å². The van der Waals surface area contributed by atoms with Gasteiger partial charge in [0.1, 0.15) is 5.03 Å². The molecule has 0 radical (unpaired) electrons. The first-order chi connectivity index (χ1) is 7.04. The fraction of sp³-hybridized carbons (Fsp3) is 0.444. The lowest BCUT2D eigenvalue weighted by Crippen LogP contribution is -2.02. The number of aliphatic hydroxyl groups is 1. The van der Waals surface area contributed by atoms with Gasteiger partial charge in [0.15, 0.2) is 0 Å². The molecular formula is C9H12N2O3S. The predicted molar refractivity (Wildman–Crippen MR) is 58.0 cm³/mol. The Morgan fingerprint density at radius 2 is 2.40 bits per heavy atom. The van der Waals surface area contributed by atoms with Crippen LogP contribution in [-0.4, -0.2) is 26.9 Å². The lowest BCUT2D eigenvalue weighted by molar-refractivity contribution is -0.385. The summed E-state index contributed by atoms with van der Waals surface area (Å²) in [4.78, 5) is 14.3. The zero-order chi connectivity index (χ0) is 11.4. The van der Waals surface area contributed by atoms with Gasteiger partial charge in [0, 0.05) is 23.1 Å². The molecule has 1 aromatic rings. The Bertz CT molecular complexity index is 370. The predicted octanol–water partition coefficient (Wildman–Crippen LogP) is 1.77. The first-order valence-electron chi connectivity index (χ1n) is 4.43. The van der Waals surface area contributed by atoms with Gasteiger partial charge in [0.2, 0.25) is 0 Å². The normalized spacial score (nSPS) is 12.5. The summed E-state index contributed by atoms with van der Waals surface area (Å²) in [6.07, 6.45) is 1.48. The van der Waals surface area contributed by atoms with Crippen LogP contribution in [0.25, 0.3) is 0 Å². The fourth-order valence-corrected chi connectivity index (χ4v) is 1.78. The highest BCUT2D eigenvalue weighted by Crippen LogP contribution is 2.26. The number of nitrogens with zero attached hydrogens (tertiary/aromatic N) is 2. The van der Waals surface area contributed by atoms with Crippen LogP contribution in [0.2, 0.25) is 0 Å². The largest absolute Gasteiger partial charge is 0.395 e. The molecule has 1 heterocycles. The third-order valence-corrected chi connectivity index (χ3v) is 2.84. The maximum Gasteiger partial charge on any atom is 0.276 e. The van der Waals surface area contributed by atoms with E-state index in [1.807, 2.05) is 6.92 Å². The second-order valence-electron chi connectivity index (χ2n) is 3.18.